The van der Waals surface area contributed by atoms with Crippen LogP contribution in [0.4, 0.5) is 0 Å². The molecule has 1 atom stereocenters. The zero-order valence-electron chi connectivity index (χ0n) is 11.4. The molecule has 0 amide bonds. The number of nitrogens with zero attached hydrogens (tertiary/aromatic N) is 1. The van der Waals surface area contributed by atoms with E-state index >= 15 is 0 Å². The third-order valence-corrected chi connectivity index (χ3v) is 6.13. The molecule has 0 spiro atoms. The first kappa shape index (κ1) is 15.2. The van der Waals surface area contributed by atoms with Gasteiger partial charge in [0.1, 0.15) is 0 Å². The Morgan fingerprint density at radius 2 is 1.90 bits per heavy atom. The van der Waals surface area contributed by atoms with Crippen LogP contribution in [0.1, 0.15) is 6.92 Å². The molecule has 1 unspecified atom stereocenters. The van der Waals surface area contributed by atoms with Crippen molar-refractivity contribution in [3.05, 3.63) is 41.8 Å². The predicted molar refractivity (Wildman–Crippen MR) is 81.3 cm³/mol. The molecule has 1 heterocycles. The second-order valence-electron chi connectivity index (χ2n) is 4.55. The summed E-state index contributed by atoms with van der Waals surface area (Å²) in [6.45, 7) is 1.46. The molecule has 0 aliphatic carbocycles. The highest BCUT2D eigenvalue weighted by Gasteiger charge is 2.24. The lowest BCUT2D eigenvalue weighted by Crippen LogP contribution is -2.37. The summed E-state index contributed by atoms with van der Waals surface area (Å²) in [6.07, 6.45) is 0. The quantitative estimate of drug-likeness (QED) is 0.922. The van der Waals surface area contributed by atoms with Gasteiger partial charge in [-0.05, 0) is 36.1 Å². The highest BCUT2D eigenvalue weighted by atomic mass is 32.2. The second kappa shape index (κ2) is 6.05. The standard InChI is InChI=1S/C14H17NO3S2/c1-11(10-16)15(2)20(17,18)13-7-5-12(6-8-13)14-4-3-9-19-14/h3-9,11,16H,10H2,1-2H3. The van der Waals surface area contributed by atoms with Crippen LogP contribution in [0.25, 0.3) is 10.4 Å². The van der Waals surface area contributed by atoms with Crippen molar-refractivity contribution in [3.63, 3.8) is 0 Å². The van der Waals surface area contributed by atoms with Gasteiger partial charge < -0.3 is 5.11 Å². The number of sulfonamides is 1. The van der Waals surface area contributed by atoms with Gasteiger partial charge in [-0.25, -0.2) is 8.42 Å². The van der Waals surface area contributed by atoms with Crippen LogP contribution in [0, 0.1) is 0 Å². The Balaban J connectivity index is 2.30. The summed E-state index contributed by atoms with van der Waals surface area (Å²) < 4.78 is 25.9. The molecule has 2 rings (SSSR count). The normalized spacial score (nSPS) is 13.6. The number of likely N-dealkylation sites (N-methyl/N-ethyl adjacent to an activating group) is 1. The summed E-state index contributed by atoms with van der Waals surface area (Å²) in [5.41, 5.74) is 0.997. The van der Waals surface area contributed by atoms with Gasteiger partial charge in [-0.15, -0.1) is 11.3 Å². The van der Waals surface area contributed by atoms with E-state index in [4.69, 9.17) is 5.11 Å². The molecular formula is C14H17NO3S2. The maximum absolute atomic E-state index is 12.3. The van der Waals surface area contributed by atoms with Crippen molar-refractivity contribution in [1.82, 2.24) is 4.31 Å². The van der Waals surface area contributed by atoms with Crippen LogP contribution in [0.15, 0.2) is 46.7 Å². The molecule has 20 heavy (non-hydrogen) atoms. The molecule has 1 aromatic carbocycles. The molecule has 0 aliphatic rings. The molecule has 108 valence electrons. The number of thiophene rings is 1. The SMILES string of the molecule is CC(CO)N(C)S(=O)(=O)c1ccc(-c2cccs2)cc1. The molecule has 4 nitrogen and oxygen atoms in total. The number of rotatable bonds is 5. The smallest absolute Gasteiger partial charge is 0.243 e. The lowest BCUT2D eigenvalue weighted by Gasteiger charge is -2.22. The van der Waals surface area contributed by atoms with Crippen LogP contribution in [-0.4, -0.2) is 37.5 Å². The summed E-state index contributed by atoms with van der Waals surface area (Å²) in [4.78, 5) is 1.34. The van der Waals surface area contributed by atoms with Crippen LogP contribution in [-0.2, 0) is 10.0 Å². The van der Waals surface area contributed by atoms with Crippen molar-refractivity contribution in [1.29, 1.82) is 0 Å². The van der Waals surface area contributed by atoms with Crippen molar-refractivity contribution in [3.8, 4) is 10.4 Å². The van der Waals surface area contributed by atoms with Gasteiger partial charge in [0, 0.05) is 18.0 Å². The Morgan fingerprint density at radius 1 is 1.25 bits per heavy atom. The molecule has 0 saturated heterocycles. The third kappa shape index (κ3) is 2.93. The largest absolute Gasteiger partial charge is 0.395 e. The average Bonchev–Trinajstić information content (AvgIpc) is 3.00. The fourth-order valence-corrected chi connectivity index (χ4v) is 3.84. The van der Waals surface area contributed by atoms with Gasteiger partial charge in [0.05, 0.1) is 11.5 Å². The second-order valence-corrected chi connectivity index (χ2v) is 7.50. The number of benzene rings is 1. The van der Waals surface area contributed by atoms with E-state index in [-0.39, 0.29) is 11.5 Å². The van der Waals surface area contributed by atoms with Crippen molar-refractivity contribution in [2.45, 2.75) is 17.9 Å². The number of hydrogen-bond acceptors (Lipinski definition) is 4. The molecule has 2 aromatic rings. The zero-order valence-corrected chi connectivity index (χ0v) is 13.0. The topological polar surface area (TPSA) is 57.6 Å². The minimum absolute atomic E-state index is 0.205. The lowest BCUT2D eigenvalue weighted by molar-refractivity contribution is 0.214. The van der Waals surface area contributed by atoms with Crippen LogP contribution in [0.5, 0.6) is 0 Å². The summed E-state index contributed by atoms with van der Waals surface area (Å²) in [5.74, 6) is 0. The fraction of sp³-hybridized carbons (Fsp3) is 0.286. The van der Waals surface area contributed by atoms with Gasteiger partial charge in [0.25, 0.3) is 0 Å². The van der Waals surface area contributed by atoms with Crippen LogP contribution in [0.3, 0.4) is 0 Å². The maximum Gasteiger partial charge on any atom is 0.243 e. The van der Waals surface area contributed by atoms with Crippen molar-refractivity contribution in [2.24, 2.45) is 0 Å². The Hall–Kier alpha value is -1.21. The first-order valence-electron chi connectivity index (χ1n) is 6.19. The fourth-order valence-electron chi connectivity index (χ4n) is 1.75. The van der Waals surface area contributed by atoms with Crippen molar-refractivity contribution in [2.75, 3.05) is 13.7 Å². The molecule has 0 bridgehead atoms. The van der Waals surface area contributed by atoms with Crippen LogP contribution < -0.4 is 0 Å². The molecule has 6 heteroatoms. The van der Waals surface area contributed by atoms with Gasteiger partial charge in [-0.1, -0.05) is 18.2 Å². The molecule has 0 saturated carbocycles. The highest BCUT2D eigenvalue weighted by molar-refractivity contribution is 7.89. The van der Waals surface area contributed by atoms with Gasteiger partial charge in [0.2, 0.25) is 10.0 Å². The number of aliphatic hydroxyl groups excluding tert-OH is 1. The van der Waals surface area contributed by atoms with Crippen molar-refractivity contribution >= 4 is 21.4 Å². The lowest BCUT2D eigenvalue weighted by atomic mass is 10.2. The van der Waals surface area contributed by atoms with Gasteiger partial charge in [-0.3, -0.25) is 0 Å². The molecule has 1 aromatic heterocycles. The Morgan fingerprint density at radius 3 is 2.40 bits per heavy atom. The third-order valence-electron chi connectivity index (χ3n) is 3.22. The van der Waals surface area contributed by atoms with E-state index in [1.54, 1.807) is 42.5 Å². The van der Waals surface area contributed by atoms with Gasteiger partial charge in [0.15, 0.2) is 0 Å². The van der Waals surface area contributed by atoms with Gasteiger partial charge in [-0.2, -0.15) is 4.31 Å². The summed E-state index contributed by atoms with van der Waals surface area (Å²) in [6, 6.07) is 10.3. The average molecular weight is 311 g/mol. The Kier molecular flexibility index (Phi) is 4.59. The predicted octanol–water partition coefficient (Wildman–Crippen LogP) is 2.42. The Labute approximate surface area is 123 Å². The minimum atomic E-state index is -3.56. The molecular weight excluding hydrogens is 294 g/mol. The van der Waals surface area contributed by atoms with E-state index in [9.17, 15) is 8.42 Å². The van der Waals surface area contributed by atoms with Crippen LogP contribution in [0.2, 0.25) is 0 Å². The number of hydrogen-bond donors (Lipinski definition) is 1. The molecule has 0 radical (unpaired) electrons. The Bertz CT molecular complexity index is 648. The first-order chi connectivity index (χ1) is 9.46. The maximum atomic E-state index is 12.3. The van der Waals surface area contributed by atoms with E-state index in [0.29, 0.717) is 0 Å². The summed E-state index contributed by atoms with van der Waals surface area (Å²) in [5, 5.41) is 11.1. The molecule has 1 N–H and O–H groups in total. The van der Waals surface area contributed by atoms with Gasteiger partial charge >= 0.3 is 0 Å². The van der Waals surface area contributed by atoms with E-state index in [1.165, 1.54) is 11.4 Å². The van der Waals surface area contributed by atoms with E-state index in [1.807, 2.05) is 17.5 Å². The number of aliphatic hydroxyl groups is 1. The molecule has 0 aliphatic heterocycles. The molecule has 0 fully saturated rings. The summed E-state index contributed by atoms with van der Waals surface area (Å²) in [7, 11) is -2.08. The van der Waals surface area contributed by atoms with E-state index in [0.717, 1.165) is 10.4 Å². The first-order valence-corrected chi connectivity index (χ1v) is 8.51. The minimum Gasteiger partial charge on any atom is -0.395 e. The van der Waals surface area contributed by atoms with Crippen molar-refractivity contribution < 1.29 is 13.5 Å². The zero-order chi connectivity index (χ0) is 14.8. The summed E-state index contributed by atoms with van der Waals surface area (Å²) >= 11 is 1.61. The van der Waals surface area contributed by atoms with E-state index in [2.05, 4.69) is 0 Å². The van der Waals surface area contributed by atoms with Crippen LogP contribution >= 0.6 is 11.3 Å². The highest BCUT2D eigenvalue weighted by Crippen LogP contribution is 2.26. The van der Waals surface area contributed by atoms with E-state index < -0.39 is 16.1 Å². The monoisotopic (exact) mass is 311 g/mol.